The Morgan fingerprint density at radius 3 is 2.47 bits per heavy atom. The molecule has 6 heteroatoms. The molecule has 0 spiro atoms. The lowest BCUT2D eigenvalue weighted by Gasteiger charge is -2.42. The highest BCUT2D eigenvalue weighted by Gasteiger charge is 2.35. The van der Waals surface area contributed by atoms with E-state index in [-0.39, 0.29) is 12.2 Å². The quantitative estimate of drug-likeness (QED) is 0.728. The fraction of sp³-hybridized carbons (Fsp3) is 0.909. The summed E-state index contributed by atoms with van der Waals surface area (Å²) in [5, 5.41) is 9.09. The van der Waals surface area contributed by atoms with Crippen molar-refractivity contribution in [2.24, 2.45) is 5.92 Å². The van der Waals surface area contributed by atoms with Crippen LogP contribution in [0.4, 0.5) is 0 Å². The number of carboxylic acids is 1. The first-order valence-electron chi connectivity index (χ1n) is 5.98. The van der Waals surface area contributed by atoms with Crippen molar-refractivity contribution in [3.8, 4) is 0 Å². The van der Waals surface area contributed by atoms with E-state index < -0.39 is 21.8 Å². The number of likely N-dealkylation sites (tertiary alicyclic amines) is 1. The summed E-state index contributed by atoms with van der Waals surface area (Å²) in [6, 6.07) is -0.641. The van der Waals surface area contributed by atoms with Crippen molar-refractivity contribution < 1.29 is 18.3 Å². The fourth-order valence-corrected chi connectivity index (χ4v) is 2.89. The van der Waals surface area contributed by atoms with Gasteiger partial charge in [-0.15, -0.1) is 0 Å². The van der Waals surface area contributed by atoms with Crippen molar-refractivity contribution in [1.29, 1.82) is 0 Å². The van der Waals surface area contributed by atoms with Gasteiger partial charge in [0.1, 0.15) is 15.9 Å². The average Bonchev–Trinajstić information content (AvgIpc) is 2.11. The Hall–Kier alpha value is -0.620. The van der Waals surface area contributed by atoms with E-state index in [1.165, 1.54) is 0 Å². The highest BCUT2D eigenvalue weighted by Crippen LogP contribution is 2.24. The Morgan fingerprint density at radius 1 is 1.47 bits per heavy atom. The number of sulfone groups is 1. The Morgan fingerprint density at radius 2 is 2.06 bits per heavy atom. The van der Waals surface area contributed by atoms with Gasteiger partial charge in [-0.25, -0.2) is 8.42 Å². The molecule has 17 heavy (non-hydrogen) atoms. The second-order valence-corrected chi connectivity index (χ2v) is 7.14. The molecular weight excluding hydrogens is 242 g/mol. The first-order valence-corrected chi connectivity index (χ1v) is 8.04. The fourth-order valence-electron chi connectivity index (χ4n) is 2.24. The van der Waals surface area contributed by atoms with Crippen LogP contribution in [-0.4, -0.2) is 55.5 Å². The van der Waals surface area contributed by atoms with E-state index in [1.54, 1.807) is 0 Å². The number of carbonyl (C=O) groups is 1. The smallest absolute Gasteiger partial charge is 0.320 e. The zero-order chi connectivity index (χ0) is 13.1. The van der Waals surface area contributed by atoms with E-state index in [0.29, 0.717) is 5.92 Å². The van der Waals surface area contributed by atoms with Gasteiger partial charge in [0.25, 0.3) is 0 Å². The average molecular weight is 263 g/mol. The van der Waals surface area contributed by atoms with Crippen LogP contribution >= 0.6 is 0 Å². The minimum Gasteiger partial charge on any atom is -0.480 e. The summed E-state index contributed by atoms with van der Waals surface area (Å²) in [6.07, 6.45) is 3.56. The Bertz CT molecular complexity index is 360. The van der Waals surface area contributed by atoms with Gasteiger partial charge in [0.15, 0.2) is 0 Å². The van der Waals surface area contributed by atoms with E-state index in [1.807, 2.05) is 4.90 Å². The third-order valence-corrected chi connectivity index (χ3v) is 4.15. The predicted octanol–water partition coefficient (Wildman–Crippen LogP) is 0.606. The Kier molecular flexibility index (Phi) is 4.94. The van der Waals surface area contributed by atoms with E-state index in [9.17, 15) is 13.2 Å². The SMILES string of the molecule is CCCC1CN(C(CCS(C)(=O)=O)C(=O)O)C1. The molecule has 1 aliphatic heterocycles. The lowest BCUT2D eigenvalue weighted by Crippen LogP contribution is -2.55. The molecule has 0 aliphatic carbocycles. The maximum atomic E-state index is 11.1. The molecule has 0 aromatic carbocycles. The first kappa shape index (κ1) is 14.4. The van der Waals surface area contributed by atoms with Crippen molar-refractivity contribution in [2.75, 3.05) is 25.1 Å². The van der Waals surface area contributed by atoms with Crippen LogP contribution in [0.25, 0.3) is 0 Å². The molecule has 1 saturated heterocycles. The van der Waals surface area contributed by atoms with Crippen molar-refractivity contribution in [1.82, 2.24) is 4.90 Å². The molecule has 1 rings (SSSR count). The second kappa shape index (κ2) is 5.82. The molecular formula is C11H21NO4S. The van der Waals surface area contributed by atoms with Crippen LogP contribution < -0.4 is 0 Å². The minimum absolute atomic E-state index is 0.0566. The van der Waals surface area contributed by atoms with Gasteiger partial charge in [0.05, 0.1) is 5.75 Å². The van der Waals surface area contributed by atoms with Crippen LogP contribution in [0, 0.1) is 5.92 Å². The second-order valence-electron chi connectivity index (χ2n) is 4.88. The standard InChI is InChI=1S/C11H21NO4S/c1-3-4-9-7-12(8-9)10(11(13)14)5-6-17(2,15)16/h9-10H,3-8H2,1-2H3,(H,13,14). The zero-order valence-electron chi connectivity index (χ0n) is 10.4. The van der Waals surface area contributed by atoms with Crippen molar-refractivity contribution >= 4 is 15.8 Å². The molecule has 1 unspecified atom stereocenters. The number of hydrogen-bond donors (Lipinski definition) is 1. The molecule has 0 radical (unpaired) electrons. The Balaban J connectivity index is 2.43. The molecule has 0 amide bonds. The molecule has 5 nitrogen and oxygen atoms in total. The van der Waals surface area contributed by atoms with Gasteiger partial charge in [-0.2, -0.15) is 0 Å². The van der Waals surface area contributed by atoms with E-state index >= 15 is 0 Å². The van der Waals surface area contributed by atoms with Crippen LogP contribution in [-0.2, 0) is 14.6 Å². The van der Waals surface area contributed by atoms with E-state index in [0.717, 1.165) is 32.2 Å². The summed E-state index contributed by atoms with van der Waals surface area (Å²) in [4.78, 5) is 12.9. The normalized spacial score (nSPS) is 19.9. The third kappa shape index (κ3) is 4.63. The van der Waals surface area contributed by atoms with Gasteiger partial charge < -0.3 is 5.11 Å². The van der Waals surface area contributed by atoms with Crippen molar-refractivity contribution in [3.63, 3.8) is 0 Å². The van der Waals surface area contributed by atoms with Gasteiger partial charge in [-0.3, -0.25) is 9.69 Å². The van der Waals surface area contributed by atoms with Crippen LogP contribution in [0.5, 0.6) is 0 Å². The largest absolute Gasteiger partial charge is 0.480 e. The number of aliphatic carboxylic acids is 1. The van der Waals surface area contributed by atoms with Crippen LogP contribution in [0.15, 0.2) is 0 Å². The summed E-state index contributed by atoms with van der Waals surface area (Å²) in [5.41, 5.74) is 0. The van der Waals surface area contributed by atoms with Gasteiger partial charge in [0.2, 0.25) is 0 Å². The maximum Gasteiger partial charge on any atom is 0.320 e. The number of rotatable bonds is 7. The summed E-state index contributed by atoms with van der Waals surface area (Å²) < 4.78 is 22.1. The lowest BCUT2D eigenvalue weighted by molar-refractivity contribution is -0.146. The van der Waals surface area contributed by atoms with Crippen molar-refractivity contribution in [2.45, 2.75) is 32.2 Å². The van der Waals surface area contributed by atoms with E-state index in [2.05, 4.69) is 6.92 Å². The molecule has 0 saturated carbocycles. The number of nitrogens with zero attached hydrogens (tertiary/aromatic N) is 1. The maximum absolute atomic E-state index is 11.1. The molecule has 0 aromatic heterocycles. The molecule has 1 atom stereocenters. The van der Waals surface area contributed by atoms with Gasteiger partial charge in [-0.1, -0.05) is 13.3 Å². The molecule has 1 fully saturated rings. The first-order chi connectivity index (χ1) is 7.83. The highest BCUT2D eigenvalue weighted by atomic mass is 32.2. The van der Waals surface area contributed by atoms with Gasteiger partial charge in [0, 0.05) is 19.3 Å². The molecule has 1 aliphatic rings. The van der Waals surface area contributed by atoms with Gasteiger partial charge in [-0.05, 0) is 18.8 Å². The summed E-state index contributed by atoms with van der Waals surface area (Å²) >= 11 is 0. The molecule has 0 bridgehead atoms. The number of hydrogen-bond acceptors (Lipinski definition) is 4. The molecule has 0 aromatic rings. The summed E-state index contributed by atoms with van der Waals surface area (Å²) in [7, 11) is -3.08. The third-order valence-electron chi connectivity index (χ3n) is 3.17. The molecule has 100 valence electrons. The monoisotopic (exact) mass is 263 g/mol. The Labute approximate surface area is 103 Å². The summed E-state index contributed by atoms with van der Waals surface area (Å²) in [6.45, 7) is 3.68. The van der Waals surface area contributed by atoms with Crippen LogP contribution in [0.2, 0.25) is 0 Å². The zero-order valence-corrected chi connectivity index (χ0v) is 11.2. The highest BCUT2D eigenvalue weighted by molar-refractivity contribution is 7.90. The lowest BCUT2D eigenvalue weighted by atomic mass is 9.92. The predicted molar refractivity (Wildman–Crippen MR) is 65.7 cm³/mol. The molecule has 1 heterocycles. The van der Waals surface area contributed by atoms with Crippen molar-refractivity contribution in [3.05, 3.63) is 0 Å². The topological polar surface area (TPSA) is 74.7 Å². The van der Waals surface area contributed by atoms with E-state index in [4.69, 9.17) is 5.11 Å². The number of carboxylic acid groups (broad SMARTS) is 1. The van der Waals surface area contributed by atoms with Gasteiger partial charge >= 0.3 is 5.97 Å². The molecule has 1 N–H and O–H groups in total. The minimum atomic E-state index is -3.08. The van der Waals surface area contributed by atoms with Crippen LogP contribution in [0.3, 0.4) is 0 Å². The summed E-state index contributed by atoms with van der Waals surface area (Å²) in [5.74, 6) is -0.387. The van der Waals surface area contributed by atoms with Crippen LogP contribution in [0.1, 0.15) is 26.2 Å².